The van der Waals surface area contributed by atoms with Gasteiger partial charge in [-0.25, -0.2) is 4.98 Å². The molecule has 3 rings (SSSR count). The molecule has 1 aromatic carbocycles. The van der Waals surface area contributed by atoms with Gasteiger partial charge in [-0.15, -0.1) is 10.2 Å². The largest absolute Gasteiger partial charge is 0.349 e. The van der Waals surface area contributed by atoms with Gasteiger partial charge in [-0.2, -0.15) is 0 Å². The Labute approximate surface area is 126 Å². The Hall–Kier alpha value is -2.15. The van der Waals surface area contributed by atoms with Gasteiger partial charge < -0.3 is 9.88 Å². The summed E-state index contributed by atoms with van der Waals surface area (Å²) in [5, 5.41) is 9.97. The minimum atomic E-state index is 0.0992. The molecule has 6 nitrogen and oxygen atoms in total. The summed E-state index contributed by atoms with van der Waals surface area (Å²) in [7, 11) is 3.50. The van der Waals surface area contributed by atoms with Gasteiger partial charge in [0.25, 0.3) is 0 Å². The van der Waals surface area contributed by atoms with E-state index in [-0.39, 0.29) is 5.91 Å². The molecule has 0 aliphatic heterocycles. The first kappa shape index (κ1) is 13.8. The molecule has 0 saturated carbocycles. The van der Waals surface area contributed by atoms with Crippen LogP contribution in [-0.2, 0) is 4.79 Å². The number of carbonyl (C=O) groups excluding carboxylic acids is 1. The smallest absolute Gasteiger partial charge is 0.222 e. The van der Waals surface area contributed by atoms with Gasteiger partial charge >= 0.3 is 0 Å². The van der Waals surface area contributed by atoms with Crippen LogP contribution >= 0.6 is 11.8 Å². The summed E-state index contributed by atoms with van der Waals surface area (Å²) in [6.45, 7) is 0. The summed E-state index contributed by atoms with van der Waals surface area (Å²) >= 11 is 1.44. The number of aromatic amines is 1. The number of benzene rings is 1. The maximum atomic E-state index is 11.5. The number of H-pyrrole nitrogens is 1. The number of nitrogens with zero attached hydrogens (tertiary/aromatic N) is 4. The van der Waals surface area contributed by atoms with Crippen LogP contribution in [0, 0.1) is 0 Å². The van der Waals surface area contributed by atoms with Crippen LogP contribution in [0.15, 0.2) is 29.4 Å². The SMILES string of the molecule is CN(C)C(=O)CCSc1nnc2c(n1)[nH]c1ccccc12. The Balaban J connectivity index is 1.78. The van der Waals surface area contributed by atoms with E-state index >= 15 is 0 Å². The summed E-state index contributed by atoms with van der Waals surface area (Å²) in [6.07, 6.45) is 0.464. The number of aromatic nitrogens is 4. The van der Waals surface area contributed by atoms with Crippen molar-refractivity contribution >= 4 is 39.7 Å². The molecule has 2 heterocycles. The van der Waals surface area contributed by atoms with Crippen LogP contribution in [0.4, 0.5) is 0 Å². The average Bonchev–Trinajstić information content (AvgIpc) is 2.84. The molecule has 0 aliphatic carbocycles. The summed E-state index contributed by atoms with van der Waals surface area (Å²) in [5.41, 5.74) is 2.51. The van der Waals surface area contributed by atoms with Crippen LogP contribution in [0.1, 0.15) is 6.42 Å². The highest BCUT2D eigenvalue weighted by molar-refractivity contribution is 7.99. The van der Waals surface area contributed by atoms with Crippen molar-refractivity contribution in [2.24, 2.45) is 0 Å². The van der Waals surface area contributed by atoms with Crippen molar-refractivity contribution < 1.29 is 4.79 Å². The number of carbonyl (C=O) groups is 1. The summed E-state index contributed by atoms with van der Waals surface area (Å²) < 4.78 is 0. The molecule has 108 valence electrons. The van der Waals surface area contributed by atoms with E-state index in [0.717, 1.165) is 22.1 Å². The molecule has 3 aromatic rings. The third-order valence-electron chi connectivity index (χ3n) is 3.15. The minimum absolute atomic E-state index is 0.0992. The zero-order chi connectivity index (χ0) is 14.8. The zero-order valence-corrected chi connectivity index (χ0v) is 12.6. The maximum absolute atomic E-state index is 11.5. The second-order valence-corrected chi connectivity index (χ2v) is 5.91. The standard InChI is InChI=1S/C14H15N5OS/c1-19(2)11(20)7-8-21-14-16-13-12(17-18-14)9-5-3-4-6-10(9)15-13/h3-6H,7-8H2,1-2H3,(H,15,16,18). The van der Waals surface area contributed by atoms with E-state index in [1.54, 1.807) is 19.0 Å². The molecule has 1 N–H and O–H groups in total. The molecule has 7 heteroatoms. The predicted octanol–water partition coefficient (Wildman–Crippen LogP) is 2.08. The van der Waals surface area contributed by atoms with E-state index in [9.17, 15) is 4.79 Å². The average molecular weight is 301 g/mol. The number of amides is 1. The van der Waals surface area contributed by atoms with Crippen LogP contribution in [0.5, 0.6) is 0 Å². The van der Waals surface area contributed by atoms with Gasteiger partial charge in [0.2, 0.25) is 11.1 Å². The molecular formula is C14H15N5OS. The van der Waals surface area contributed by atoms with Gasteiger partial charge in [0.1, 0.15) is 5.52 Å². The van der Waals surface area contributed by atoms with E-state index in [1.807, 2.05) is 24.3 Å². The van der Waals surface area contributed by atoms with Gasteiger partial charge in [0.05, 0.1) is 0 Å². The van der Waals surface area contributed by atoms with E-state index in [1.165, 1.54) is 11.8 Å². The highest BCUT2D eigenvalue weighted by Gasteiger charge is 2.10. The van der Waals surface area contributed by atoms with E-state index in [0.29, 0.717) is 17.3 Å². The van der Waals surface area contributed by atoms with Crippen molar-refractivity contribution in [2.45, 2.75) is 11.6 Å². The number of para-hydroxylation sites is 1. The van der Waals surface area contributed by atoms with Crippen molar-refractivity contribution in [2.75, 3.05) is 19.8 Å². The highest BCUT2D eigenvalue weighted by atomic mass is 32.2. The second kappa shape index (κ2) is 5.69. The van der Waals surface area contributed by atoms with Gasteiger partial charge in [0.15, 0.2) is 5.65 Å². The Morgan fingerprint density at radius 2 is 2.10 bits per heavy atom. The number of rotatable bonds is 4. The number of hydrogen-bond acceptors (Lipinski definition) is 5. The van der Waals surface area contributed by atoms with Gasteiger partial charge in [-0.1, -0.05) is 30.0 Å². The van der Waals surface area contributed by atoms with Gasteiger partial charge in [0, 0.05) is 37.2 Å². The third kappa shape index (κ3) is 2.82. The van der Waals surface area contributed by atoms with Crippen LogP contribution in [0.3, 0.4) is 0 Å². The predicted molar refractivity (Wildman–Crippen MR) is 83.2 cm³/mol. The lowest BCUT2D eigenvalue weighted by atomic mass is 10.2. The second-order valence-electron chi connectivity index (χ2n) is 4.85. The number of fused-ring (bicyclic) bond motifs is 3. The Kier molecular flexibility index (Phi) is 3.74. The molecule has 1 amide bonds. The molecule has 0 unspecified atom stereocenters. The summed E-state index contributed by atoms with van der Waals surface area (Å²) in [6, 6.07) is 7.91. The van der Waals surface area contributed by atoms with Crippen LogP contribution < -0.4 is 0 Å². The van der Waals surface area contributed by atoms with Gasteiger partial charge in [-0.3, -0.25) is 4.79 Å². The maximum Gasteiger partial charge on any atom is 0.222 e. The van der Waals surface area contributed by atoms with Gasteiger partial charge in [-0.05, 0) is 6.07 Å². The van der Waals surface area contributed by atoms with E-state index in [2.05, 4.69) is 20.2 Å². The first-order valence-corrected chi connectivity index (χ1v) is 7.58. The van der Waals surface area contributed by atoms with Crippen LogP contribution in [0.2, 0.25) is 0 Å². The molecule has 0 bridgehead atoms. The molecule has 0 saturated heterocycles. The van der Waals surface area contributed by atoms with Crippen molar-refractivity contribution in [1.29, 1.82) is 0 Å². The molecule has 0 fully saturated rings. The Morgan fingerprint density at radius 1 is 1.29 bits per heavy atom. The Bertz CT molecular complexity index is 798. The molecule has 0 atom stereocenters. The third-order valence-corrected chi connectivity index (χ3v) is 3.99. The topological polar surface area (TPSA) is 74.8 Å². The first-order valence-electron chi connectivity index (χ1n) is 6.59. The summed E-state index contributed by atoms with van der Waals surface area (Å²) in [4.78, 5) is 20.8. The Morgan fingerprint density at radius 3 is 2.90 bits per heavy atom. The van der Waals surface area contributed by atoms with E-state index in [4.69, 9.17) is 0 Å². The normalized spacial score (nSPS) is 11.1. The van der Waals surface area contributed by atoms with Crippen molar-refractivity contribution in [1.82, 2.24) is 25.1 Å². The van der Waals surface area contributed by atoms with Crippen molar-refractivity contribution in [3.05, 3.63) is 24.3 Å². The quantitative estimate of drug-likeness (QED) is 0.747. The van der Waals surface area contributed by atoms with Crippen LogP contribution in [-0.4, -0.2) is 50.8 Å². The lowest BCUT2D eigenvalue weighted by Gasteiger charge is -2.08. The van der Waals surface area contributed by atoms with E-state index < -0.39 is 0 Å². The molecule has 21 heavy (non-hydrogen) atoms. The number of nitrogens with one attached hydrogen (secondary N) is 1. The number of thioether (sulfide) groups is 1. The zero-order valence-electron chi connectivity index (χ0n) is 11.8. The van der Waals surface area contributed by atoms with Crippen molar-refractivity contribution in [3.8, 4) is 0 Å². The molecule has 0 aliphatic rings. The monoisotopic (exact) mass is 301 g/mol. The summed E-state index contributed by atoms with van der Waals surface area (Å²) in [5.74, 6) is 0.742. The fourth-order valence-electron chi connectivity index (χ4n) is 2.02. The lowest BCUT2D eigenvalue weighted by molar-refractivity contribution is -0.128. The highest BCUT2D eigenvalue weighted by Crippen LogP contribution is 2.23. The number of hydrogen-bond donors (Lipinski definition) is 1. The molecule has 0 radical (unpaired) electrons. The fraction of sp³-hybridized carbons (Fsp3) is 0.286. The van der Waals surface area contributed by atoms with Crippen molar-refractivity contribution in [3.63, 3.8) is 0 Å². The molecular weight excluding hydrogens is 286 g/mol. The fourth-order valence-corrected chi connectivity index (χ4v) is 2.73. The molecule has 2 aromatic heterocycles. The molecule has 0 spiro atoms. The minimum Gasteiger partial charge on any atom is -0.349 e. The lowest BCUT2D eigenvalue weighted by Crippen LogP contribution is -2.21. The first-order chi connectivity index (χ1) is 10.1. The van der Waals surface area contributed by atoms with Crippen LogP contribution in [0.25, 0.3) is 22.1 Å².